The topological polar surface area (TPSA) is 154 Å². The summed E-state index contributed by atoms with van der Waals surface area (Å²) in [6.45, 7) is 1.51. The summed E-state index contributed by atoms with van der Waals surface area (Å²) in [4.78, 5) is 21.6. The molecule has 0 radical (unpaired) electrons. The van der Waals surface area contributed by atoms with Crippen LogP contribution in [0.1, 0.15) is 13.3 Å². The fraction of sp³-hybridized carbons (Fsp3) is 0.800. The maximum Gasteiger partial charge on any atom is 0.335 e. The minimum Gasteiger partial charge on any atom is -0.479 e. The standard InChI is InChI=1S/C10H16O9/c1-2-3(8(14)15)18-10-6(13)4(11)5(12)7(19-10)9(16)17/h3-7,10-13H,2H2,1H3,(H,14,15)(H,16,17)/t3?,4?,5-,6+,7?,10-/m0/s1. The average Bonchev–Trinajstić information content (AvgIpc) is 2.34. The molecule has 1 rings (SSSR count). The molecule has 0 spiro atoms. The summed E-state index contributed by atoms with van der Waals surface area (Å²) < 4.78 is 9.69. The fourth-order valence-electron chi connectivity index (χ4n) is 1.66. The van der Waals surface area contributed by atoms with Gasteiger partial charge in [0.25, 0.3) is 0 Å². The SMILES string of the molecule is CCC(O[C@H]1OC(C(=O)O)[C@@H](O)C(O)[C@H]1O)C(=O)O. The minimum atomic E-state index is -1.84. The van der Waals surface area contributed by atoms with Crippen LogP contribution in [0.5, 0.6) is 0 Å². The van der Waals surface area contributed by atoms with Gasteiger partial charge in [0.05, 0.1) is 0 Å². The zero-order chi connectivity index (χ0) is 14.7. The van der Waals surface area contributed by atoms with E-state index in [1.807, 2.05) is 0 Å². The number of aliphatic hydroxyl groups is 3. The van der Waals surface area contributed by atoms with E-state index in [0.717, 1.165) is 0 Å². The molecular formula is C10H16O9. The Morgan fingerprint density at radius 1 is 1.16 bits per heavy atom. The predicted octanol–water partition coefficient (Wildman–Crippen LogP) is -2.24. The van der Waals surface area contributed by atoms with E-state index in [4.69, 9.17) is 19.7 Å². The Morgan fingerprint density at radius 2 is 1.74 bits per heavy atom. The number of hydrogen-bond acceptors (Lipinski definition) is 7. The molecule has 9 heteroatoms. The van der Waals surface area contributed by atoms with Gasteiger partial charge in [-0.2, -0.15) is 0 Å². The zero-order valence-electron chi connectivity index (χ0n) is 10.0. The molecule has 6 atom stereocenters. The molecule has 9 nitrogen and oxygen atoms in total. The van der Waals surface area contributed by atoms with Crippen molar-refractivity contribution in [2.45, 2.75) is 50.2 Å². The Kier molecular flexibility index (Phi) is 5.20. The lowest BCUT2D eigenvalue weighted by Gasteiger charge is -2.39. The van der Waals surface area contributed by atoms with Crippen LogP contribution in [0.25, 0.3) is 0 Å². The van der Waals surface area contributed by atoms with E-state index in [1.165, 1.54) is 6.92 Å². The molecule has 0 amide bonds. The lowest BCUT2D eigenvalue weighted by Crippen LogP contribution is -2.61. The molecule has 110 valence electrons. The number of carbonyl (C=O) groups is 2. The van der Waals surface area contributed by atoms with Crippen molar-refractivity contribution in [2.75, 3.05) is 0 Å². The second-order valence-electron chi connectivity index (χ2n) is 4.11. The van der Waals surface area contributed by atoms with E-state index in [1.54, 1.807) is 0 Å². The van der Waals surface area contributed by atoms with E-state index in [9.17, 15) is 24.9 Å². The van der Waals surface area contributed by atoms with Crippen molar-refractivity contribution in [3.05, 3.63) is 0 Å². The summed E-state index contributed by atoms with van der Waals surface area (Å²) in [7, 11) is 0. The molecule has 0 aromatic carbocycles. The van der Waals surface area contributed by atoms with Crippen molar-refractivity contribution in [3.63, 3.8) is 0 Å². The second-order valence-corrected chi connectivity index (χ2v) is 4.11. The van der Waals surface area contributed by atoms with Crippen molar-refractivity contribution in [3.8, 4) is 0 Å². The van der Waals surface area contributed by atoms with Gasteiger partial charge in [0.1, 0.15) is 18.3 Å². The van der Waals surface area contributed by atoms with Crippen molar-refractivity contribution in [2.24, 2.45) is 0 Å². The Hall–Kier alpha value is -1.26. The molecule has 0 bridgehead atoms. The minimum absolute atomic E-state index is 0.0539. The smallest absolute Gasteiger partial charge is 0.335 e. The summed E-state index contributed by atoms with van der Waals surface area (Å²) in [5, 5.41) is 46.1. The fourth-order valence-corrected chi connectivity index (χ4v) is 1.66. The van der Waals surface area contributed by atoms with Crippen LogP contribution in [0.4, 0.5) is 0 Å². The van der Waals surface area contributed by atoms with Crippen LogP contribution in [-0.4, -0.2) is 74.3 Å². The highest BCUT2D eigenvalue weighted by Crippen LogP contribution is 2.23. The summed E-state index contributed by atoms with van der Waals surface area (Å²) in [6.07, 6.45) is -10.1. The quantitative estimate of drug-likeness (QED) is 0.376. The van der Waals surface area contributed by atoms with Crippen LogP contribution in [0, 0.1) is 0 Å². The monoisotopic (exact) mass is 280 g/mol. The van der Waals surface area contributed by atoms with E-state index >= 15 is 0 Å². The molecule has 1 heterocycles. The Bertz CT molecular complexity index is 342. The highest BCUT2D eigenvalue weighted by Gasteiger charge is 2.48. The van der Waals surface area contributed by atoms with Gasteiger partial charge in [-0.3, -0.25) is 0 Å². The van der Waals surface area contributed by atoms with E-state index in [2.05, 4.69) is 0 Å². The molecule has 1 aliphatic heterocycles. The summed E-state index contributed by atoms with van der Waals surface area (Å²) >= 11 is 0. The normalized spacial score (nSPS) is 36.7. The van der Waals surface area contributed by atoms with Gasteiger partial charge >= 0.3 is 11.9 Å². The van der Waals surface area contributed by atoms with Gasteiger partial charge in [-0.15, -0.1) is 0 Å². The third kappa shape index (κ3) is 3.39. The predicted molar refractivity (Wildman–Crippen MR) is 57.1 cm³/mol. The number of aliphatic hydroxyl groups excluding tert-OH is 3. The molecule has 19 heavy (non-hydrogen) atoms. The average molecular weight is 280 g/mol. The van der Waals surface area contributed by atoms with Crippen molar-refractivity contribution >= 4 is 11.9 Å². The molecule has 0 aliphatic carbocycles. The van der Waals surface area contributed by atoms with Gasteiger partial charge in [0.2, 0.25) is 0 Å². The lowest BCUT2D eigenvalue weighted by molar-refractivity contribution is -0.303. The number of carboxylic acids is 2. The number of aliphatic carboxylic acids is 2. The summed E-state index contributed by atoms with van der Waals surface area (Å²) in [6, 6.07) is 0. The van der Waals surface area contributed by atoms with Crippen molar-refractivity contribution in [1.82, 2.24) is 0 Å². The van der Waals surface area contributed by atoms with E-state index < -0.39 is 48.7 Å². The maximum atomic E-state index is 10.8. The number of carboxylic acid groups (broad SMARTS) is 2. The van der Waals surface area contributed by atoms with Crippen molar-refractivity contribution in [1.29, 1.82) is 0 Å². The lowest BCUT2D eigenvalue weighted by atomic mass is 9.99. The van der Waals surface area contributed by atoms with E-state index in [-0.39, 0.29) is 6.42 Å². The first-order valence-corrected chi connectivity index (χ1v) is 5.60. The molecule has 0 aromatic heterocycles. The number of hydrogen-bond donors (Lipinski definition) is 5. The van der Waals surface area contributed by atoms with Crippen LogP contribution in [-0.2, 0) is 19.1 Å². The van der Waals surface area contributed by atoms with Gasteiger partial charge in [0.15, 0.2) is 18.5 Å². The molecule has 3 unspecified atom stereocenters. The molecule has 5 N–H and O–H groups in total. The highest BCUT2D eigenvalue weighted by molar-refractivity contribution is 5.73. The molecule has 1 fully saturated rings. The molecule has 0 aromatic rings. The zero-order valence-corrected chi connectivity index (χ0v) is 10.0. The van der Waals surface area contributed by atoms with Crippen LogP contribution in [0.3, 0.4) is 0 Å². The van der Waals surface area contributed by atoms with Gasteiger partial charge in [0, 0.05) is 0 Å². The van der Waals surface area contributed by atoms with Gasteiger partial charge in [-0.05, 0) is 6.42 Å². The van der Waals surface area contributed by atoms with Gasteiger partial charge in [-0.1, -0.05) is 6.92 Å². The first kappa shape index (κ1) is 15.8. The Morgan fingerprint density at radius 3 is 2.16 bits per heavy atom. The third-order valence-electron chi connectivity index (χ3n) is 2.76. The largest absolute Gasteiger partial charge is 0.479 e. The van der Waals surface area contributed by atoms with Crippen LogP contribution in [0.2, 0.25) is 0 Å². The van der Waals surface area contributed by atoms with E-state index in [0.29, 0.717) is 0 Å². The molecular weight excluding hydrogens is 264 g/mol. The van der Waals surface area contributed by atoms with Crippen molar-refractivity contribution < 1.29 is 44.6 Å². The Balaban J connectivity index is 2.82. The highest BCUT2D eigenvalue weighted by atomic mass is 16.7. The summed E-state index contributed by atoms with van der Waals surface area (Å²) in [5.41, 5.74) is 0. The number of rotatable bonds is 5. The molecule has 0 saturated carbocycles. The Labute approximate surface area is 108 Å². The number of ether oxygens (including phenoxy) is 2. The molecule has 1 aliphatic rings. The van der Waals surface area contributed by atoms with Gasteiger partial charge in [-0.25, -0.2) is 9.59 Å². The second kappa shape index (κ2) is 6.26. The summed E-state index contributed by atoms with van der Waals surface area (Å²) in [5.74, 6) is -2.87. The van der Waals surface area contributed by atoms with Crippen LogP contribution in [0.15, 0.2) is 0 Å². The van der Waals surface area contributed by atoms with Crippen LogP contribution < -0.4 is 0 Å². The molecule has 1 saturated heterocycles. The maximum absolute atomic E-state index is 10.8. The van der Waals surface area contributed by atoms with Crippen LogP contribution >= 0.6 is 0 Å². The first-order valence-electron chi connectivity index (χ1n) is 5.60. The first-order chi connectivity index (χ1) is 8.79. The van der Waals surface area contributed by atoms with Gasteiger partial charge < -0.3 is 35.0 Å². The third-order valence-corrected chi connectivity index (χ3v) is 2.76.